The minimum absolute atomic E-state index is 0.0215. The molecular weight excluding hydrogens is 314 g/mol. The first-order chi connectivity index (χ1) is 10.9. The molecule has 1 saturated heterocycles. The van der Waals surface area contributed by atoms with Crippen molar-refractivity contribution in [2.45, 2.75) is 32.2 Å². The van der Waals surface area contributed by atoms with Crippen molar-refractivity contribution in [3.8, 4) is 0 Å². The Bertz CT molecular complexity index is 713. The third-order valence-corrected chi connectivity index (χ3v) is 6.44. The van der Waals surface area contributed by atoms with Crippen LogP contribution in [0.1, 0.15) is 35.2 Å². The van der Waals surface area contributed by atoms with Crippen LogP contribution < -0.4 is 15.4 Å². The first-order valence-corrected chi connectivity index (χ1v) is 9.64. The Morgan fingerprint density at radius 2 is 2.17 bits per heavy atom. The minimum Gasteiger partial charge on any atom is -0.350 e. The van der Waals surface area contributed by atoms with Gasteiger partial charge in [0.05, 0.1) is 11.4 Å². The Morgan fingerprint density at radius 1 is 1.43 bits per heavy atom. The number of hydrogen-bond acceptors (Lipinski definition) is 4. The van der Waals surface area contributed by atoms with E-state index in [1.54, 1.807) is 18.2 Å². The summed E-state index contributed by atoms with van der Waals surface area (Å²) in [6.45, 7) is 2.80. The van der Waals surface area contributed by atoms with Crippen LogP contribution in [-0.4, -0.2) is 39.2 Å². The molecule has 1 heterocycles. The normalized spacial score (nSPS) is 21.2. The van der Waals surface area contributed by atoms with Gasteiger partial charge in [-0.15, -0.1) is 0 Å². The summed E-state index contributed by atoms with van der Waals surface area (Å²) in [4.78, 5) is 12.3. The molecule has 1 unspecified atom stereocenters. The molecule has 1 aliphatic carbocycles. The molecule has 126 valence electrons. The van der Waals surface area contributed by atoms with Gasteiger partial charge in [-0.25, -0.2) is 8.42 Å². The highest BCUT2D eigenvalue weighted by atomic mass is 32.2. The zero-order valence-electron chi connectivity index (χ0n) is 13.3. The van der Waals surface area contributed by atoms with Crippen LogP contribution in [-0.2, 0) is 10.0 Å². The number of benzene rings is 1. The van der Waals surface area contributed by atoms with E-state index in [-0.39, 0.29) is 17.7 Å². The number of rotatable bonds is 5. The molecule has 0 bridgehead atoms. The number of sulfonamides is 1. The molecule has 3 rings (SSSR count). The number of nitrogens with one attached hydrogen (secondary N) is 1. The zero-order chi connectivity index (χ0) is 16.6. The fourth-order valence-corrected chi connectivity index (χ4v) is 4.54. The summed E-state index contributed by atoms with van der Waals surface area (Å²) in [5.41, 5.74) is 7.95. The van der Waals surface area contributed by atoms with E-state index < -0.39 is 10.0 Å². The van der Waals surface area contributed by atoms with E-state index in [1.807, 2.05) is 6.92 Å². The predicted octanol–water partition coefficient (Wildman–Crippen LogP) is 1.00. The minimum atomic E-state index is -3.20. The van der Waals surface area contributed by atoms with Crippen LogP contribution in [0.15, 0.2) is 18.2 Å². The molecule has 0 aromatic heterocycles. The largest absolute Gasteiger partial charge is 0.350 e. The molecule has 0 radical (unpaired) electrons. The van der Waals surface area contributed by atoms with Gasteiger partial charge in [-0.05, 0) is 55.9 Å². The van der Waals surface area contributed by atoms with Gasteiger partial charge in [0.15, 0.2) is 0 Å². The standard InChI is InChI=1S/C16H23N3O3S/c1-11-9-13(19-7-2-8-23(19,21)22)5-6-14(11)16(20)18-10-15(17)12-3-4-12/h5-6,9,12,15H,2-4,7-8,10,17H2,1H3,(H,18,20). The second-order valence-electron chi connectivity index (χ2n) is 6.45. The van der Waals surface area contributed by atoms with Gasteiger partial charge in [-0.1, -0.05) is 0 Å². The van der Waals surface area contributed by atoms with Crippen LogP contribution >= 0.6 is 0 Å². The van der Waals surface area contributed by atoms with Gasteiger partial charge >= 0.3 is 0 Å². The first kappa shape index (κ1) is 16.3. The van der Waals surface area contributed by atoms with Crippen LogP contribution in [0.5, 0.6) is 0 Å². The molecule has 2 fully saturated rings. The Hall–Kier alpha value is -1.60. The second-order valence-corrected chi connectivity index (χ2v) is 8.47. The number of hydrogen-bond donors (Lipinski definition) is 2. The monoisotopic (exact) mass is 337 g/mol. The molecule has 23 heavy (non-hydrogen) atoms. The Morgan fingerprint density at radius 3 is 2.74 bits per heavy atom. The number of anilines is 1. The number of amides is 1. The van der Waals surface area contributed by atoms with Crippen LogP contribution in [0.25, 0.3) is 0 Å². The van der Waals surface area contributed by atoms with E-state index in [4.69, 9.17) is 5.73 Å². The van der Waals surface area contributed by atoms with Crippen molar-refractivity contribution in [3.05, 3.63) is 29.3 Å². The number of carbonyl (C=O) groups is 1. The molecule has 7 heteroatoms. The highest BCUT2D eigenvalue weighted by Crippen LogP contribution is 2.31. The molecule has 1 amide bonds. The molecular formula is C16H23N3O3S. The van der Waals surface area contributed by atoms with Crippen molar-refractivity contribution in [2.24, 2.45) is 11.7 Å². The van der Waals surface area contributed by atoms with E-state index in [2.05, 4.69) is 5.32 Å². The van der Waals surface area contributed by atoms with Gasteiger partial charge in [-0.3, -0.25) is 9.10 Å². The number of nitrogens with zero attached hydrogens (tertiary/aromatic N) is 1. The quantitative estimate of drug-likeness (QED) is 0.838. The van der Waals surface area contributed by atoms with E-state index in [0.29, 0.717) is 36.7 Å². The first-order valence-electron chi connectivity index (χ1n) is 8.03. The maximum atomic E-state index is 12.3. The maximum absolute atomic E-state index is 12.3. The van der Waals surface area contributed by atoms with E-state index in [1.165, 1.54) is 4.31 Å². The molecule has 1 aromatic carbocycles. The van der Waals surface area contributed by atoms with Gasteiger partial charge in [0, 0.05) is 24.7 Å². The molecule has 1 saturated carbocycles. The van der Waals surface area contributed by atoms with Crippen LogP contribution in [0.3, 0.4) is 0 Å². The lowest BCUT2D eigenvalue weighted by Crippen LogP contribution is -2.38. The van der Waals surface area contributed by atoms with Crippen molar-refractivity contribution in [1.29, 1.82) is 0 Å². The maximum Gasteiger partial charge on any atom is 0.251 e. The highest BCUT2D eigenvalue weighted by Gasteiger charge is 2.30. The van der Waals surface area contributed by atoms with Crippen LogP contribution in [0.2, 0.25) is 0 Å². The summed E-state index contributed by atoms with van der Waals surface area (Å²) in [5.74, 6) is 0.571. The highest BCUT2D eigenvalue weighted by molar-refractivity contribution is 7.93. The lowest BCUT2D eigenvalue weighted by molar-refractivity contribution is 0.0949. The van der Waals surface area contributed by atoms with E-state index >= 15 is 0 Å². The van der Waals surface area contributed by atoms with Crippen molar-refractivity contribution in [2.75, 3.05) is 23.1 Å². The lowest BCUT2D eigenvalue weighted by atomic mass is 10.1. The van der Waals surface area contributed by atoms with E-state index in [0.717, 1.165) is 18.4 Å². The van der Waals surface area contributed by atoms with Gasteiger partial charge < -0.3 is 11.1 Å². The summed E-state index contributed by atoms with van der Waals surface area (Å²) in [6, 6.07) is 5.18. The van der Waals surface area contributed by atoms with Crippen LogP contribution in [0, 0.1) is 12.8 Å². The zero-order valence-corrected chi connectivity index (χ0v) is 14.1. The van der Waals surface area contributed by atoms with Crippen molar-refractivity contribution >= 4 is 21.6 Å². The van der Waals surface area contributed by atoms with Crippen molar-refractivity contribution < 1.29 is 13.2 Å². The van der Waals surface area contributed by atoms with Crippen molar-refractivity contribution in [3.63, 3.8) is 0 Å². The average molecular weight is 337 g/mol. The summed E-state index contributed by atoms with van der Waals surface area (Å²) < 4.78 is 25.4. The van der Waals surface area contributed by atoms with Gasteiger partial charge in [-0.2, -0.15) is 0 Å². The van der Waals surface area contributed by atoms with Crippen molar-refractivity contribution in [1.82, 2.24) is 5.32 Å². The Balaban J connectivity index is 1.70. The lowest BCUT2D eigenvalue weighted by Gasteiger charge is -2.18. The number of carbonyl (C=O) groups excluding carboxylic acids is 1. The Kier molecular flexibility index (Phi) is 4.33. The van der Waals surface area contributed by atoms with Gasteiger partial charge in [0.25, 0.3) is 5.91 Å². The SMILES string of the molecule is Cc1cc(N2CCCS2(=O)=O)ccc1C(=O)NCC(N)C1CC1. The molecule has 1 aliphatic heterocycles. The molecule has 6 nitrogen and oxygen atoms in total. The summed E-state index contributed by atoms with van der Waals surface area (Å²) in [7, 11) is -3.20. The smallest absolute Gasteiger partial charge is 0.251 e. The van der Waals surface area contributed by atoms with E-state index in [9.17, 15) is 13.2 Å². The predicted molar refractivity (Wildman–Crippen MR) is 90.0 cm³/mol. The number of nitrogens with two attached hydrogens (primary N) is 1. The van der Waals surface area contributed by atoms with Gasteiger partial charge in [0.1, 0.15) is 0 Å². The molecule has 1 atom stereocenters. The summed E-state index contributed by atoms with van der Waals surface area (Å²) in [5, 5.41) is 2.87. The van der Waals surface area contributed by atoms with Gasteiger partial charge in [0.2, 0.25) is 10.0 Å². The molecule has 0 spiro atoms. The average Bonchev–Trinajstić information content (AvgIpc) is 3.28. The fraction of sp³-hybridized carbons (Fsp3) is 0.562. The third kappa shape index (κ3) is 3.50. The fourth-order valence-electron chi connectivity index (χ4n) is 2.98. The topological polar surface area (TPSA) is 92.5 Å². The second kappa shape index (κ2) is 6.13. The third-order valence-electron chi connectivity index (χ3n) is 4.57. The Labute approximate surface area is 137 Å². The molecule has 3 N–H and O–H groups in total. The number of aryl methyl sites for hydroxylation is 1. The molecule has 1 aromatic rings. The van der Waals surface area contributed by atoms with Crippen LogP contribution in [0.4, 0.5) is 5.69 Å². The summed E-state index contributed by atoms with van der Waals surface area (Å²) in [6.07, 6.45) is 2.94. The summed E-state index contributed by atoms with van der Waals surface area (Å²) >= 11 is 0. The molecule has 2 aliphatic rings.